The Hall–Kier alpha value is -2.56. The summed E-state index contributed by atoms with van der Waals surface area (Å²) < 4.78 is 5.14. The maximum atomic E-state index is 10.4. The second-order valence-corrected chi connectivity index (χ2v) is 3.59. The molecular formula is C13H12N2O3. The molecule has 0 spiro atoms. The lowest BCUT2D eigenvalue weighted by atomic mass is 10.1. The van der Waals surface area contributed by atoms with Crippen molar-refractivity contribution in [3.8, 4) is 17.0 Å². The fourth-order valence-corrected chi connectivity index (χ4v) is 1.51. The molecule has 5 heteroatoms. The minimum absolute atomic E-state index is 0.496. The maximum absolute atomic E-state index is 10.4. The molecule has 0 aliphatic rings. The molecule has 92 valence electrons. The third-order valence-corrected chi connectivity index (χ3v) is 2.36. The molecule has 0 aliphatic heterocycles. The number of nitrogens with zero attached hydrogens (tertiary/aromatic N) is 1. The van der Waals surface area contributed by atoms with Crippen molar-refractivity contribution < 1.29 is 14.6 Å². The molecule has 0 unspecified atom stereocenters. The quantitative estimate of drug-likeness (QED) is 0.808. The molecule has 1 aromatic heterocycles. The Morgan fingerprint density at radius 1 is 1.50 bits per heavy atom. The normalized spacial score (nSPS) is 10.7. The molecule has 18 heavy (non-hydrogen) atoms. The van der Waals surface area contributed by atoms with Crippen molar-refractivity contribution in [2.75, 3.05) is 7.11 Å². The number of carboxylic acids is 1. The number of methoxy groups -OCH3 is 1. The van der Waals surface area contributed by atoms with Crippen molar-refractivity contribution in [1.82, 2.24) is 9.97 Å². The van der Waals surface area contributed by atoms with E-state index in [0.717, 1.165) is 23.1 Å². The highest BCUT2D eigenvalue weighted by molar-refractivity contribution is 5.84. The van der Waals surface area contributed by atoms with Gasteiger partial charge in [-0.05, 0) is 18.2 Å². The van der Waals surface area contributed by atoms with Crippen LogP contribution in [0.4, 0.5) is 0 Å². The van der Waals surface area contributed by atoms with E-state index in [2.05, 4.69) is 9.97 Å². The highest BCUT2D eigenvalue weighted by Crippen LogP contribution is 2.22. The topological polar surface area (TPSA) is 75.2 Å². The summed E-state index contributed by atoms with van der Waals surface area (Å²) in [5.41, 5.74) is 1.73. The Labute approximate surface area is 104 Å². The molecule has 0 aliphatic carbocycles. The van der Waals surface area contributed by atoms with Crippen LogP contribution in [0.3, 0.4) is 0 Å². The fraction of sp³-hybridized carbons (Fsp3) is 0.0769. The minimum atomic E-state index is -1.01. The summed E-state index contributed by atoms with van der Waals surface area (Å²) in [6.07, 6.45) is 4.09. The summed E-state index contributed by atoms with van der Waals surface area (Å²) in [4.78, 5) is 17.5. The van der Waals surface area contributed by atoms with Crippen LogP contribution in [-0.4, -0.2) is 28.2 Å². The van der Waals surface area contributed by atoms with E-state index in [1.54, 1.807) is 13.3 Å². The summed E-state index contributed by atoms with van der Waals surface area (Å²) in [6, 6.07) is 7.52. The molecule has 0 fully saturated rings. The van der Waals surface area contributed by atoms with Crippen molar-refractivity contribution in [1.29, 1.82) is 0 Å². The summed E-state index contributed by atoms with van der Waals surface area (Å²) in [5.74, 6) is 0.245. The van der Waals surface area contributed by atoms with Crippen LogP contribution in [0.15, 0.2) is 36.5 Å². The molecule has 0 saturated carbocycles. The number of benzene rings is 1. The fourth-order valence-electron chi connectivity index (χ4n) is 1.51. The van der Waals surface area contributed by atoms with Gasteiger partial charge < -0.3 is 14.8 Å². The molecule has 1 heterocycles. The summed E-state index contributed by atoms with van der Waals surface area (Å²) in [7, 11) is 1.60. The lowest BCUT2D eigenvalue weighted by Gasteiger charge is -2.01. The Kier molecular flexibility index (Phi) is 3.43. The number of carboxylic acid groups (broad SMARTS) is 1. The van der Waals surface area contributed by atoms with E-state index in [9.17, 15) is 4.79 Å². The highest BCUT2D eigenvalue weighted by atomic mass is 16.5. The number of hydrogen-bond donors (Lipinski definition) is 2. The first-order valence-corrected chi connectivity index (χ1v) is 5.29. The van der Waals surface area contributed by atoms with Gasteiger partial charge in [-0.2, -0.15) is 0 Å². The first-order chi connectivity index (χ1) is 8.69. The van der Waals surface area contributed by atoms with Crippen molar-refractivity contribution in [3.05, 3.63) is 42.4 Å². The number of nitrogens with one attached hydrogen (secondary N) is 1. The number of aromatic nitrogens is 2. The first kappa shape index (κ1) is 11.9. The zero-order chi connectivity index (χ0) is 13.0. The molecule has 0 atom stereocenters. The SMILES string of the molecule is COc1cccc(-c2cnc(/C=C/C(=O)O)[nH]2)c1. The van der Waals surface area contributed by atoms with E-state index in [0.29, 0.717) is 5.82 Å². The van der Waals surface area contributed by atoms with Crippen molar-refractivity contribution in [3.63, 3.8) is 0 Å². The highest BCUT2D eigenvalue weighted by Gasteiger charge is 2.03. The molecule has 0 radical (unpaired) electrons. The maximum Gasteiger partial charge on any atom is 0.328 e. The largest absolute Gasteiger partial charge is 0.497 e. The number of H-pyrrole nitrogens is 1. The van der Waals surface area contributed by atoms with E-state index in [1.807, 2.05) is 24.3 Å². The van der Waals surface area contributed by atoms with E-state index in [1.165, 1.54) is 6.08 Å². The van der Waals surface area contributed by atoms with Crippen LogP contribution in [0, 0.1) is 0 Å². The van der Waals surface area contributed by atoms with Gasteiger partial charge in [0.25, 0.3) is 0 Å². The standard InChI is InChI=1S/C13H12N2O3/c1-18-10-4-2-3-9(7-10)11-8-14-12(15-11)5-6-13(16)17/h2-8H,1H3,(H,14,15)(H,16,17)/b6-5+. The summed E-state index contributed by atoms with van der Waals surface area (Å²) in [5, 5.41) is 8.52. The average Bonchev–Trinajstić information content (AvgIpc) is 2.85. The average molecular weight is 244 g/mol. The van der Waals surface area contributed by atoms with Gasteiger partial charge in [0.1, 0.15) is 11.6 Å². The monoisotopic (exact) mass is 244 g/mol. The molecule has 1 aromatic carbocycles. The molecule has 0 bridgehead atoms. The predicted molar refractivity (Wildman–Crippen MR) is 67.2 cm³/mol. The van der Waals surface area contributed by atoms with Crippen LogP contribution in [-0.2, 0) is 4.79 Å². The predicted octanol–water partition coefficient (Wildman–Crippen LogP) is 2.18. The molecular weight excluding hydrogens is 232 g/mol. The van der Waals surface area contributed by atoms with E-state index in [4.69, 9.17) is 9.84 Å². The number of rotatable bonds is 4. The second kappa shape index (κ2) is 5.18. The van der Waals surface area contributed by atoms with Crippen molar-refractivity contribution in [2.45, 2.75) is 0 Å². The first-order valence-electron chi connectivity index (χ1n) is 5.29. The van der Waals surface area contributed by atoms with Gasteiger partial charge in [0, 0.05) is 11.6 Å². The van der Waals surface area contributed by atoms with Gasteiger partial charge in [-0.1, -0.05) is 12.1 Å². The number of imidazole rings is 1. The van der Waals surface area contributed by atoms with Gasteiger partial charge in [0.2, 0.25) is 0 Å². The van der Waals surface area contributed by atoms with Crippen LogP contribution in [0.5, 0.6) is 5.75 Å². The van der Waals surface area contributed by atoms with Crippen molar-refractivity contribution in [2.24, 2.45) is 0 Å². The molecule has 0 amide bonds. The number of aliphatic carboxylic acids is 1. The van der Waals surface area contributed by atoms with Gasteiger partial charge >= 0.3 is 5.97 Å². The number of aromatic amines is 1. The second-order valence-electron chi connectivity index (χ2n) is 3.59. The molecule has 0 saturated heterocycles. The number of carbonyl (C=O) groups is 1. The lowest BCUT2D eigenvalue weighted by molar-refractivity contribution is -0.131. The van der Waals surface area contributed by atoms with Crippen LogP contribution >= 0.6 is 0 Å². The van der Waals surface area contributed by atoms with Crippen LogP contribution in [0.1, 0.15) is 5.82 Å². The van der Waals surface area contributed by atoms with Gasteiger partial charge in [0.15, 0.2) is 0 Å². The van der Waals surface area contributed by atoms with Gasteiger partial charge in [-0.25, -0.2) is 9.78 Å². The van der Waals surface area contributed by atoms with Gasteiger partial charge in [-0.15, -0.1) is 0 Å². The number of ether oxygens (including phenoxy) is 1. The van der Waals surface area contributed by atoms with Crippen molar-refractivity contribution >= 4 is 12.0 Å². The Morgan fingerprint density at radius 2 is 2.33 bits per heavy atom. The third kappa shape index (κ3) is 2.76. The Balaban J connectivity index is 2.26. The zero-order valence-corrected chi connectivity index (χ0v) is 9.75. The smallest absolute Gasteiger partial charge is 0.328 e. The summed E-state index contributed by atoms with van der Waals surface area (Å²) in [6.45, 7) is 0. The third-order valence-electron chi connectivity index (χ3n) is 2.36. The van der Waals surface area contributed by atoms with Crippen LogP contribution in [0.25, 0.3) is 17.3 Å². The van der Waals surface area contributed by atoms with E-state index < -0.39 is 5.97 Å². The lowest BCUT2D eigenvalue weighted by Crippen LogP contribution is -1.86. The van der Waals surface area contributed by atoms with Gasteiger partial charge in [0.05, 0.1) is 19.0 Å². The van der Waals surface area contributed by atoms with E-state index >= 15 is 0 Å². The van der Waals surface area contributed by atoms with Gasteiger partial charge in [-0.3, -0.25) is 0 Å². The molecule has 5 nitrogen and oxygen atoms in total. The molecule has 2 N–H and O–H groups in total. The minimum Gasteiger partial charge on any atom is -0.497 e. The van der Waals surface area contributed by atoms with E-state index in [-0.39, 0.29) is 0 Å². The molecule has 2 aromatic rings. The number of hydrogen-bond acceptors (Lipinski definition) is 3. The van der Waals surface area contributed by atoms with Crippen LogP contribution < -0.4 is 4.74 Å². The molecule has 2 rings (SSSR count). The Bertz CT molecular complexity index is 587. The zero-order valence-electron chi connectivity index (χ0n) is 9.75. The summed E-state index contributed by atoms with van der Waals surface area (Å²) >= 11 is 0. The Morgan fingerprint density at radius 3 is 3.06 bits per heavy atom. The van der Waals surface area contributed by atoms with Crippen LogP contribution in [0.2, 0.25) is 0 Å².